The van der Waals surface area contributed by atoms with Gasteiger partial charge in [-0.15, -0.1) is 10.2 Å². The van der Waals surface area contributed by atoms with Crippen molar-refractivity contribution in [2.45, 2.75) is 44.9 Å². The minimum Gasteiger partial charge on any atom is -0.366 e. The average molecular weight is 204 g/mol. The summed E-state index contributed by atoms with van der Waals surface area (Å²) >= 11 is 0. The van der Waals surface area contributed by atoms with Gasteiger partial charge in [0.15, 0.2) is 0 Å². The Morgan fingerprint density at radius 1 is 1.27 bits per heavy atom. The second kappa shape index (κ2) is 2.31. The van der Waals surface area contributed by atoms with E-state index in [1.165, 1.54) is 12.8 Å². The first-order chi connectivity index (χ1) is 6.97. The Hall–Kier alpha value is -1.19. The van der Waals surface area contributed by atoms with Crippen LogP contribution >= 0.6 is 0 Å². The number of fused-ring (bicyclic) bond motifs is 5. The third-order valence-corrected chi connectivity index (χ3v) is 4.81. The molecule has 2 N–H and O–H groups in total. The molecule has 2 atom stereocenters. The summed E-state index contributed by atoms with van der Waals surface area (Å²) in [5.74, 6) is 0.816. The van der Waals surface area contributed by atoms with E-state index in [2.05, 4.69) is 36.0 Å². The highest BCUT2D eigenvalue weighted by molar-refractivity contribution is 5.42. The van der Waals surface area contributed by atoms with Gasteiger partial charge in [0.1, 0.15) is 0 Å². The Morgan fingerprint density at radius 2 is 2.00 bits per heavy atom. The molecule has 80 valence electrons. The number of nitrogen functional groups attached to an aromatic ring is 1. The lowest BCUT2D eigenvalue weighted by atomic mass is 9.70. The van der Waals surface area contributed by atoms with Crippen molar-refractivity contribution in [2.24, 2.45) is 5.41 Å². The van der Waals surface area contributed by atoms with E-state index in [1.807, 2.05) is 0 Å². The van der Waals surface area contributed by atoms with Crippen LogP contribution in [0.3, 0.4) is 0 Å². The smallest absolute Gasteiger partial charge is 0.240 e. The molecule has 4 heteroatoms. The third kappa shape index (κ3) is 0.817. The minimum absolute atomic E-state index is 0.140. The van der Waals surface area contributed by atoms with Crippen molar-refractivity contribution in [2.75, 3.05) is 5.73 Å². The van der Waals surface area contributed by atoms with Crippen LogP contribution in [0.5, 0.6) is 0 Å². The molecule has 0 aliphatic heterocycles. The number of aromatic nitrogens is 3. The minimum atomic E-state index is 0.140. The second-order valence-corrected chi connectivity index (χ2v) is 5.55. The summed E-state index contributed by atoms with van der Waals surface area (Å²) in [4.78, 5) is 4.38. The van der Waals surface area contributed by atoms with Gasteiger partial charge in [-0.1, -0.05) is 20.8 Å². The molecule has 2 aliphatic rings. The van der Waals surface area contributed by atoms with Crippen LogP contribution < -0.4 is 5.73 Å². The molecular weight excluding hydrogens is 188 g/mol. The maximum absolute atomic E-state index is 5.61. The maximum Gasteiger partial charge on any atom is 0.240 e. The highest BCUT2D eigenvalue weighted by atomic mass is 15.2. The number of hydrogen-bond donors (Lipinski definition) is 1. The van der Waals surface area contributed by atoms with Gasteiger partial charge in [-0.05, 0) is 18.3 Å². The van der Waals surface area contributed by atoms with Crippen molar-refractivity contribution in [3.05, 3.63) is 11.4 Å². The topological polar surface area (TPSA) is 64.7 Å². The van der Waals surface area contributed by atoms with Gasteiger partial charge in [0, 0.05) is 11.3 Å². The summed E-state index contributed by atoms with van der Waals surface area (Å²) < 4.78 is 0. The van der Waals surface area contributed by atoms with Crippen LogP contribution in [-0.4, -0.2) is 15.2 Å². The van der Waals surface area contributed by atoms with Gasteiger partial charge >= 0.3 is 0 Å². The zero-order valence-electron chi connectivity index (χ0n) is 9.41. The largest absolute Gasteiger partial charge is 0.366 e. The average Bonchev–Trinajstić information content (AvgIpc) is 2.47. The van der Waals surface area contributed by atoms with Crippen LogP contribution in [0.2, 0.25) is 0 Å². The molecule has 0 radical (unpaired) electrons. The zero-order chi connectivity index (χ0) is 10.8. The van der Waals surface area contributed by atoms with Gasteiger partial charge in [-0.2, -0.15) is 0 Å². The standard InChI is InChI=1S/C11H16N4/c1-10(2)6-4-5-11(10,3)8-7(6)13-9(12)15-14-8/h6H,4-5H2,1-3H3,(H2,12,13,15)/t6-,11-/m1/s1. The van der Waals surface area contributed by atoms with E-state index in [1.54, 1.807) is 0 Å². The Balaban J connectivity index is 2.29. The Bertz CT molecular complexity index is 440. The molecule has 0 unspecified atom stereocenters. The maximum atomic E-state index is 5.61. The summed E-state index contributed by atoms with van der Waals surface area (Å²) in [7, 11) is 0. The van der Waals surface area contributed by atoms with E-state index >= 15 is 0 Å². The number of nitrogens with zero attached hydrogens (tertiary/aromatic N) is 3. The monoisotopic (exact) mass is 204 g/mol. The zero-order valence-corrected chi connectivity index (χ0v) is 9.41. The SMILES string of the molecule is CC1(C)[C@@H]2CC[C@]1(C)c1nnc(N)nc12. The molecule has 2 aliphatic carbocycles. The van der Waals surface area contributed by atoms with Crippen LogP contribution in [0.25, 0.3) is 0 Å². The van der Waals surface area contributed by atoms with Crippen molar-refractivity contribution in [3.8, 4) is 0 Å². The van der Waals surface area contributed by atoms with Crippen molar-refractivity contribution in [3.63, 3.8) is 0 Å². The number of hydrogen-bond acceptors (Lipinski definition) is 4. The molecule has 1 aromatic rings. The summed E-state index contributed by atoms with van der Waals surface area (Å²) in [6, 6.07) is 0. The highest BCUT2D eigenvalue weighted by Gasteiger charge is 2.61. The molecule has 0 spiro atoms. The lowest BCUT2D eigenvalue weighted by molar-refractivity contribution is 0.226. The van der Waals surface area contributed by atoms with E-state index in [-0.39, 0.29) is 10.8 Å². The summed E-state index contributed by atoms with van der Waals surface area (Å²) in [5, 5.41) is 8.17. The van der Waals surface area contributed by atoms with Gasteiger partial charge in [0.2, 0.25) is 5.95 Å². The Kier molecular flexibility index (Phi) is 1.40. The number of rotatable bonds is 0. The highest BCUT2D eigenvalue weighted by Crippen LogP contribution is 2.66. The lowest BCUT2D eigenvalue weighted by Crippen LogP contribution is -2.32. The fraction of sp³-hybridized carbons (Fsp3) is 0.727. The summed E-state index contributed by atoms with van der Waals surface area (Å²) in [5.41, 5.74) is 8.17. The van der Waals surface area contributed by atoms with Crippen LogP contribution in [0.15, 0.2) is 0 Å². The Morgan fingerprint density at radius 3 is 2.73 bits per heavy atom. The van der Waals surface area contributed by atoms with Crippen molar-refractivity contribution < 1.29 is 0 Å². The van der Waals surface area contributed by atoms with Crippen molar-refractivity contribution >= 4 is 5.95 Å². The van der Waals surface area contributed by atoms with E-state index in [9.17, 15) is 0 Å². The first-order valence-corrected chi connectivity index (χ1v) is 5.47. The first-order valence-electron chi connectivity index (χ1n) is 5.47. The fourth-order valence-electron chi connectivity index (χ4n) is 3.39. The van der Waals surface area contributed by atoms with E-state index in [0.29, 0.717) is 11.9 Å². The van der Waals surface area contributed by atoms with Gasteiger partial charge in [0.05, 0.1) is 11.4 Å². The lowest BCUT2D eigenvalue weighted by Gasteiger charge is -2.33. The van der Waals surface area contributed by atoms with Gasteiger partial charge < -0.3 is 5.73 Å². The molecule has 1 aromatic heterocycles. The quantitative estimate of drug-likeness (QED) is 0.697. The van der Waals surface area contributed by atoms with Crippen molar-refractivity contribution in [1.82, 2.24) is 15.2 Å². The second-order valence-electron chi connectivity index (χ2n) is 5.55. The number of nitrogens with two attached hydrogens (primary N) is 1. The normalized spacial score (nSPS) is 35.5. The molecule has 1 heterocycles. The molecule has 3 rings (SSSR count). The van der Waals surface area contributed by atoms with Crippen molar-refractivity contribution in [1.29, 1.82) is 0 Å². The molecule has 4 nitrogen and oxygen atoms in total. The van der Waals surface area contributed by atoms with E-state index in [0.717, 1.165) is 11.4 Å². The van der Waals surface area contributed by atoms with Crippen LogP contribution in [0.4, 0.5) is 5.95 Å². The molecule has 2 bridgehead atoms. The molecular formula is C11H16N4. The number of anilines is 1. The molecule has 0 amide bonds. The molecule has 15 heavy (non-hydrogen) atoms. The van der Waals surface area contributed by atoms with Gasteiger partial charge in [-0.3, -0.25) is 0 Å². The van der Waals surface area contributed by atoms with E-state index < -0.39 is 0 Å². The Labute approximate surface area is 89.3 Å². The molecule has 1 saturated carbocycles. The van der Waals surface area contributed by atoms with Crippen LogP contribution in [0.1, 0.15) is 50.9 Å². The fourth-order valence-corrected chi connectivity index (χ4v) is 3.39. The predicted molar refractivity (Wildman–Crippen MR) is 57.3 cm³/mol. The van der Waals surface area contributed by atoms with E-state index in [4.69, 9.17) is 5.73 Å². The van der Waals surface area contributed by atoms with Gasteiger partial charge in [0.25, 0.3) is 0 Å². The van der Waals surface area contributed by atoms with Gasteiger partial charge in [-0.25, -0.2) is 4.98 Å². The summed E-state index contributed by atoms with van der Waals surface area (Å²) in [6.07, 6.45) is 2.40. The molecule has 1 fully saturated rings. The van der Waals surface area contributed by atoms with Crippen LogP contribution in [-0.2, 0) is 5.41 Å². The predicted octanol–water partition coefficient (Wildman–Crippen LogP) is 1.63. The molecule has 0 aromatic carbocycles. The summed E-state index contributed by atoms with van der Waals surface area (Å²) in [6.45, 7) is 6.90. The first kappa shape index (κ1) is 9.07. The third-order valence-electron chi connectivity index (χ3n) is 4.81. The molecule has 0 saturated heterocycles. The van der Waals surface area contributed by atoms with Crippen LogP contribution in [0, 0.1) is 5.41 Å².